The first-order valence-electron chi connectivity index (χ1n) is 9.59. The van der Waals surface area contributed by atoms with Crippen molar-refractivity contribution < 1.29 is 9.18 Å². The third-order valence-corrected chi connectivity index (χ3v) is 6.09. The highest BCUT2D eigenvalue weighted by Crippen LogP contribution is 2.33. The minimum Gasteiger partial charge on any atom is -0.345 e. The molecule has 4 aromatic heterocycles. The number of pyridine rings is 2. The van der Waals surface area contributed by atoms with Crippen LogP contribution < -0.4 is 5.32 Å². The van der Waals surface area contributed by atoms with Crippen LogP contribution in [-0.2, 0) is 7.05 Å². The molecule has 0 fully saturated rings. The van der Waals surface area contributed by atoms with Crippen molar-refractivity contribution in [3.05, 3.63) is 72.2 Å². The van der Waals surface area contributed by atoms with Gasteiger partial charge in [-0.25, -0.2) is 19.9 Å². The molecule has 0 aliphatic carbocycles. The second kappa shape index (κ2) is 7.51. The van der Waals surface area contributed by atoms with Gasteiger partial charge in [0.05, 0.1) is 29.6 Å². The number of nitrogens with zero attached hydrogens (tertiary/aromatic N) is 5. The number of aromatic nitrogens is 5. The first-order chi connectivity index (χ1) is 15.0. The number of rotatable bonds is 4. The Morgan fingerprint density at radius 2 is 2.03 bits per heavy atom. The molecule has 5 rings (SSSR count). The smallest absolute Gasteiger partial charge is 0.253 e. The van der Waals surface area contributed by atoms with Crippen LogP contribution in [0.2, 0.25) is 0 Å². The molecule has 0 aliphatic heterocycles. The van der Waals surface area contributed by atoms with Crippen LogP contribution in [0, 0.1) is 5.95 Å². The SMILES string of the molecule is C[C@H](NC(=O)c1ccc(F)nc1)c1cccc(-c2nc3c(ncc4ncn(C)c43)s2)c1. The molecule has 7 nitrogen and oxygen atoms in total. The Morgan fingerprint density at radius 1 is 1.16 bits per heavy atom. The summed E-state index contributed by atoms with van der Waals surface area (Å²) in [6, 6.07) is 10.2. The Balaban J connectivity index is 1.44. The van der Waals surface area contributed by atoms with Crippen LogP contribution in [0.5, 0.6) is 0 Å². The van der Waals surface area contributed by atoms with Crippen LogP contribution in [0.1, 0.15) is 28.9 Å². The van der Waals surface area contributed by atoms with Crippen LogP contribution >= 0.6 is 11.3 Å². The fourth-order valence-corrected chi connectivity index (χ4v) is 4.35. The van der Waals surface area contributed by atoms with Gasteiger partial charge in [-0.1, -0.05) is 29.5 Å². The van der Waals surface area contributed by atoms with E-state index in [0.717, 1.165) is 37.5 Å². The van der Waals surface area contributed by atoms with Gasteiger partial charge in [-0.05, 0) is 30.7 Å². The Kier molecular flexibility index (Phi) is 4.67. The van der Waals surface area contributed by atoms with E-state index in [2.05, 4.69) is 20.3 Å². The lowest BCUT2D eigenvalue weighted by Gasteiger charge is -2.15. The molecule has 4 heterocycles. The maximum Gasteiger partial charge on any atom is 0.253 e. The predicted octanol–water partition coefficient (Wildman–Crippen LogP) is 4.27. The van der Waals surface area contributed by atoms with Crippen LogP contribution in [0.3, 0.4) is 0 Å². The van der Waals surface area contributed by atoms with E-state index in [1.807, 2.05) is 42.8 Å². The summed E-state index contributed by atoms with van der Waals surface area (Å²) >= 11 is 1.52. The number of hydrogen-bond donors (Lipinski definition) is 1. The molecule has 0 radical (unpaired) electrons. The molecular formula is C22H17FN6OS. The molecule has 9 heteroatoms. The van der Waals surface area contributed by atoms with E-state index in [1.54, 1.807) is 12.5 Å². The van der Waals surface area contributed by atoms with Crippen LogP contribution in [0.25, 0.3) is 32.0 Å². The van der Waals surface area contributed by atoms with E-state index in [1.165, 1.54) is 29.7 Å². The summed E-state index contributed by atoms with van der Waals surface area (Å²) in [6.45, 7) is 1.90. The molecule has 1 aromatic carbocycles. The quantitative estimate of drug-likeness (QED) is 0.429. The average molecular weight is 432 g/mol. The number of halogens is 1. The predicted molar refractivity (Wildman–Crippen MR) is 117 cm³/mol. The van der Waals surface area contributed by atoms with Crippen molar-refractivity contribution in [3.63, 3.8) is 0 Å². The standard InChI is InChI=1S/C22H17FN6OS/c1-12(27-20(30)15-6-7-17(23)24-9-15)13-4-3-5-14(8-13)21-28-18-19-16(26-11-29(19)2)10-25-22(18)31-21/h3-12H,1-2H3,(H,27,30)/t12-/m0/s1. The lowest BCUT2D eigenvalue weighted by Crippen LogP contribution is -2.26. The van der Waals surface area contributed by atoms with Gasteiger partial charge in [0, 0.05) is 18.8 Å². The number of carbonyl (C=O) groups excluding carboxylic acids is 1. The largest absolute Gasteiger partial charge is 0.345 e. The number of amides is 1. The van der Waals surface area contributed by atoms with E-state index in [4.69, 9.17) is 4.98 Å². The second-order valence-electron chi connectivity index (χ2n) is 7.21. The number of aryl methyl sites for hydroxylation is 1. The lowest BCUT2D eigenvalue weighted by atomic mass is 10.0. The molecule has 1 amide bonds. The van der Waals surface area contributed by atoms with Crippen molar-refractivity contribution in [2.24, 2.45) is 7.05 Å². The van der Waals surface area contributed by atoms with Crippen molar-refractivity contribution in [3.8, 4) is 10.6 Å². The van der Waals surface area contributed by atoms with Crippen molar-refractivity contribution in [2.75, 3.05) is 0 Å². The van der Waals surface area contributed by atoms with Gasteiger partial charge >= 0.3 is 0 Å². The highest BCUT2D eigenvalue weighted by atomic mass is 32.1. The van der Waals surface area contributed by atoms with Crippen LogP contribution in [-0.4, -0.2) is 30.4 Å². The molecule has 154 valence electrons. The van der Waals surface area contributed by atoms with Crippen LogP contribution in [0.15, 0.2) is 55.1 Å². The number of benzene rings is 1. The number of thiazole rings is 1. The number of imidazole rings is 1. The van der Waals surface area contributed by atoms with Gasteiger partial charge in [-0.15, -0.1) is 0 Å². The molecule has 5 aromatic rings. The van der Waals surface area contributed by atoms with Crippen molar-refractivity contribution in [1.29, 1.82) is 0 Å². The van der Waals surface area contributed by atoms with Crippen molar-refractivity contribution in [1.82, 2.24) is 29.8 Å². The second-order valence-corrected chi connectivity index (χ2v) is 8.19. The van der Waals surface area contributed by atoms with Gasteiger partial charge in [-0.2, -0.15) is 4.39 Å². The molecule has 0 saturated carbocycles. The maximum atomic E-state index is 13.0. The minimum absolute atomic E-state index is 0.256. The number of hydrogen-bond acceptors (Lipinski definition) is 6. The molecule has 31 heavy (non-hydrogen) atoms. The fraction of sp³-hybridized carbons (Fsp3) is 0.136. The van der Waals surface area contributed by atoms with Gasteiger partial charge in [-0.3, -0.25) is 4.79 Å². The first kappa shape index (κ1) is 19.3. The summed E-state index contributed by atoms with van der Waals surface area (Å²) < 4.78 is 14.9. The summed E-state index contributed by atoms with van der Waals surface area (Å²) in [5.74, 6) is -0.931. The first-order valence-corrected chi connectivity index (χ1v) is 10.4. The zero-order valence-electron chi connectivity index (χ0n) is 16.7. The van der Waals surface area contributed by atoms with Gasteiger partial charge in [0.25, 0.3) is 5.91 Å². The van der Waals surface area contributed by atoms with Gasteiger partial charge in [0.2, 0.25) is 5.95 Å². The van der Waals surface area contributed by atoms with Gasteiger partial charge in [0.1, 0.15) is 20.9 Å². The summed E-state index contributed by atoms with van der Waals surface area (Å²) in [6.07, 6.45) is 4.74. The molecular weight excluding hydrogens is 415 g/mol. The minimum atomic E-state index is -0.619. The lowest BCUT2D eigenvalue weighted by molar-refractivity contribution is 0.0939. The van der Waals surface area contributed by atoms with E-state index < -0.39 is 5.95 Å². The van der Waals surface area contributed by atoms with Crippen molar-refractivity contribution in [2.45, 2.75) is 13.0 Å². The Morgan fingerprint density at radius 3 is 2.84 bits per heavy atom. The molecule has 0 spiro atoms. The number of fused-ring (bicyclic) bond motifs is 3. The topological polar surface area (TPSA) is 85.6 Å². The molecule has 1 atom stereocenters. The molecule has 0 bridgehead atoms. The molecule has 0 saturated heterocycles. The zero-order valence-corrected chi connectivity index (χ0v) is 17.5. The normalized spacial score (nSPS) is 12.4. The highest BCUT2D eigenvalue weighted by Gasteiger charge is 2.16. The third kappa shape index (κ3) is 3.53. The van der Waals surface area contributed by atoms with Crippen molar-refractivity contribution >= 4 is 38.6 Å². The number of carbonyl (C=O) groups is 1. The Labute approximate surface area is 180 Å². The van der Waals surface area contributed by atoms with E-state index in [0.29, 0.717) is 5.56 Å². The molecule has 1 N–H and O–H groups in total. The van der Waals surface area contributed by atoms with E-state index in [-0.39, 0.29) is 11.9 Å². The monoisotopic (exact) mass is 432 g/mol. The summed E-state index contributed by atoms with van der Waals surface area (Å²) in [4.78, 5) is 30.5. The fourth-order valence-electron chi connectivity index (χ4n) is 3.44. The Bertz CT molecular complexity index is 1430. The average Bonchev–Trinajstić information content (AvgIpc) is 3.37. The summed E-state index contributed by atoms with van der Waals surface area (Å²) in [5, 5.41) is 3.77. The number of nitrogens with one attached hydrogen (secondary N) is 1. The highest BCUT2D eigenvalue weighted by molar-refractivity contribution is 7.21. The van der Waals surface area contributed by atoms with E-state index in [9.17, 15) is 9.18 Å². The molecule has 0 aliphatic rings. The summed E-state index contributed by atoms with van der Waals surface area (Å²) in [7, 11) is 1.94. The summed E-state index contributed by atoms with van der Waals surface area (Å²) in [5.41, 5.74) is 4.78. The zero-order chi connectivity index (χ0) is 21.5. The van der Waals surface area contributed by atoms with Gasteiger partial charge < -0.3 is 9.88 Å². The van der Waals surface area contributed by atoms with E-state index >= 15 is 0 Å². The maximum absolute atomic E-state index is 13.0. The Hall–Kier alpha value is -3.72. The van der Waals surface area contributed by atoms with Gasteiger partial charge in [0.15, 0.2) is 0 Å². The third-order valence-electron chi connectivity index (χ3n) is 5.07. The van der Waals surface area contributed by atoms with Crippen LogP contribution in [0.4, 0.5) is 4.39 Å². The molecule has 0 unspecified atom stereocenters.